The van der Waals surface area contributed by atoms with Crippen molar-refractivity contribution in [1.82, 2.24) is 4.90 Å². The molecule has 1 N–H and O–H groups in total. The Kier molecular flexibility index (Phi) is 4.27. The molecule has 22 heavy (non-hydrogen) atoms. The molecule has 3 nitrogen and oxygen atoms in total. The average Bonchev–Trinajstić information content (AvgIpc) is 2.51. The van der Waals surface area contributed by atoms with Crippen LogP contribution in [-0.2, 0) is 0 Å². The van der Waals surface area contributed by atoms with Gasteiger partial charge in [0.15, 0.2) is 0 Å². The average molecular weight is 335 g/mol. The van der Waals surface area contributed by atoms with Gasteiger partial charge in [-0.3, -0.25) is 4.79 Å². The zero-order valence-corrected chi connectivity index (χ0v) is 13.7. The second kappa shape index (κ2) is 6.19. The molecule has 2 aromatic rings. The third-order valence-corrected chi connectivity index (χ3v) is 4.42. The van der Waals surface area contributed by atoms with Gasteiger partial charge in [-0.2, -0.15) is 0 Å². The van der Waals surface area contributed by atoms with E-state index < -0.39 is 0 Å². The first-order valence-electron chi connectivity index (χ1n) is 7.24. The Morgan fingerprint density at radius 3 is 2.45 bits per heavy atom. The van der Waals surface area contributed by atoms with E-state index in [1.54, 1.807) is 23.1 Å². The Hall–Kier alpha value is -1.71. The first-order valence-corrected chi connectivity index (χ1v) is 7.99. The number of hydrogen-bond donors (Lipinski definition) is 1. The number of benzene rings is 2. The quantitative estimate of drug-likeness (QED) is 0.859. The topological polar surface area (TPSA) is 32.3 Å². The van der Waals surface area contributed by atoms with Crippen LogP contribution in [0.2, 0.25) is 10.0 Å². The molecule has 114 valence electrons. The second-order valence-corrected chi connectivity index (χ2v) is 6.04. The van der Waals surface area contributed by atoms with Gasteiger partial charge in [0.2, 0.25) is 0 Å². The standard InChI is InChI=1S/C17H16Cl2N2O/c1-2-10-21-16(15-12(18)7-5-8-13(15)19)20-14-9-4-3-6-11(14)17(21)22/h3-9,16,20H,2,10H2,1H3. The van der Waals surface area contributed by atoms with E-state index in [1.807, 2.05) is 31.2 Å². The maximum Gasteiger partial charge on any atom is 0.257 e. The SMILES string of the molecule is CCCN1C(=O)c2ccccc2NC1c1c(Cl)cccc1Cl. The molecule has 5 heteroatoms. The van der Waals surface area contributed by atoms with Crippen LogP contribution < -0.4 is 5.32 Å². The van der Waals surface area contributed by atoms with Crippen molar-refractivity contribution < 1.29 is 4.79 Å². The lowest BCUT2D eigenvalue weighted by Gasteiger charge is -2.38. The highest BCUT2D eigenvalue weighted by atomic mass is 35.5. The van der Waals surface area contributed by atoms with Crippen molar-refractivity contribution in [3.05, 3.63) is 63.6 Å². The molecule has 0 radical (unpaired) electrons. The molecule has 0 aromatic heterocycles. The third-order valence-electron chi connectivity index (χ3n) is 3.76. The minimum Gasteiger partial charge on any atom is -0.361 e. The van der Waals surface area contributed by atoms with Crippen molar-refractivity contribution in [2.24, 2.45) is 0 Å². The molecule has 0 fully saturated rings. The van der Waals surface area contributed by atoms with Crippen molar-refractivity contribution in [3.63, 3.8) is 0 Å². The van der Waals surface area contributed by atoms with Gasteiger partial charge in [0.05, 0.1) is 5.56 Å². The number of nitrogens with one attached hydrogen (secondary N) is 1. The van der Waals surface area contributed by atoms with E-state index in [4.69, 9.17) is 23.2 Å². The number of para-hydroxylation sites is 1. The van der Waals surface area contributed by atoms with E-state index in [0.717, 1.165) is 17.7 Å². The van der Waals surface area contributed by atoms with E-state index in [1.165, 1.54) is 0 Å². The summed E-state index contributed by atoms with van der Waals surface area (Å²) in [4.78, 5) is 14.6. The molecule has 0 saturated heterocycles. The van der Waals surface area contributed by atoms with Gasteiger partial charge in [-0.1, -0.05) is 48.3 Å². The Balaban J connectivity index is 2.12. The molecule has 0 bridgehead atoms. The molecule has 0 spiro atoms. The number of halogens is 2. The van der Waals surface area contributed by atoms with E-state index >= 15 is 0 Å². The summed E-state index contributed by atoms with van der Waals surface area (Å²) in [6.07, 6.45) is 0.497. The zero-order valence-electron chi connectivity index (χ0n) is 12.1. The first-order chi connectivity index (χ1) is 10.6. The van der Waals surface area contributed by atoms with E-state index in [2.05, 4.69) is 5.32 Å². The third kappa shape index (κ3) is 2.55. The molecule has 0 aliphatic carbocycles. The smallest absolute Gasteiger partial charge is 0.257 e. The molecule has 2 aromatic carbocycles. The van der Waals surface area contributed by atoms with Gasteiger partial charge in [-0.25, -0.2) is 0 Å². The largest absolute Gasteiger partial charge is 0.361 e. The molecule has 1 atom stereocenters. The van der Waals surface area contributed by atoms with Crippen LogP contribution in [0.4, 0.5) is 5.69 Å². The number of hydrogen-bond acceptors (Lipinski definition) is 2. The normalized spacial score (nSPS) is 17.1. The maximum absolute atomic E-state index is 12.8. The number of nitrogens with zero attached hydrogens (tertiary/aromatic N) is 1. The summed E-state index contributed by atoms with van der Waals surface area (Å²) in [5, 5.41) is 4.50. The summed E-state index contributed by atoms with van der Waals surface area (Å²) in [5.74, 6) is -0.00261. The number of rotatable bonds is 3. The molecule has 1 heterocycles. The molecular weight excluding hydrogens is 319 g/mol. The van der Waals surface area contributed by atoms with Crippen LogP contribution in [0.3, 0.4) is 0 Å². The molecule has 1 amide bonds. The van der Waals surface area contributed by atoms with E-state index in [0.29, 0.717) is 22.2 Å². The number of carbonyl (C=O) groups excluding carboxylic acids is 1. The van der Waals surface area contributed by atoms with E-state index in [9.17, 15) is 4.79 Å². The molecule has 1 aliphatic heterocycles. The summed E-state index contributed by atoms with van der Waals surface area (Å²) in [7, 11) is 0. The lowest BCUT2D eigenvalue weighted by molar-refractivity contribution is 0.0683. The summed E-state index contributed by atoms with van der Waals surface area (Å²) in [6.45, 7) is 2.67. The summed E-state index contributed by atoms with van der Waals surface area (Å²) in [6, 6.07) is 12.9. The summed E-state index contributed by atoms with van der Waals surface area (Å²) >= 11 is 12.7. The van der Waals surface area contributed by atoms with Crippen molar-refractivity contribution in [1.29, 1.82) is 0 Å². The lowest BCUT2D eigenvalue weighted by Crippen LogP contribution is -2.43. The predicted molar refractivity (Wildman–Crippen MR) is 90.6 cm³/mol. The molecular formula is C17H16Cl2N2O. The van der Waals surface area contributed by atoms with Crippen LogP contribution in [0, 0.1) is 0 Å². The van der Waals surface area contributed by atoms with Crippen molar-refractivity contribution in [2.45, 2.75) is 19.5 Å². The summed E-state index contributed by atoms with van der Waals surface area (Å²) in [5.41, 5.74) is 2.22. The molecule has 1 aliphatic rings. The van der Waals surface area contributed by atoms with Crippen LogP contribution in [-0.4, -0.2) is 17.4 Å². The van der Waals surface area contributed by atoms with Gasteiger partial charge in [0, 0.05) is 27.8 Å². The van der Waals surface area contributed by atoms with Crippen molar-refractivity contribution in [2.75, 3.05) is 11.9 Å². The first kappa shape index (κ1) is 15.2. The molecule has 1 unspecified atom stereocenters. The Labute approximate surface area is 139 Å². The van der Waals surface area contributed by atoms with Crippen LogP contribution in [0.15, 0.2) is 42.5 Å². The Bertz CT molecular complexity index is 697. The van der Waals surface area contributed by atoms with E-state index in [-0.39, 0.29) is 12.1 Å². The molecule has 3 rings (SSSR count). The zero-order chi connectivity index (χ0) is 15.7. The Morgan fingerprint density at radius 2 is 1.77 bits per heavy atom. The van der Waals surface area contributed by atoms with Crippen molar-refractivity contribution >= 4 is 34.8 Å². The second-order valence-electron chi connectivity index (χ2n) is 5.23. The minimum atomic E-state index is -0.358. The van der Waals surface area contributed by atoms with Crippen LogP contribution >= 0.6 is 23.2 Å². The number of anilines is 1. The minimum absolute atomic E-state index is 0.00261. The van der Waals surface area contributed by atoms with Gasteiger partial charge < -0.3 is 10.2 Å². The predicted octanol–water partition coefficient (Wildman–Crippen LogP) is 4.97. The summed E-state index contributed by atoms with van der Waals surface area (Å²) < 4.78 is 0. The Morgan fingerprint density at radius 1 is 1.09 bits per heavy atom. The van der Waals surface area contributed by atoms with Crippen LogP contribution in [0.5, 0.6) is 0 Å². The number of fused-ring (bicyclic) bond motifs is 1. The number of carbonyl (C=O) groups is 1. The monoisotopic (exact) mass is 334 g/mol. The fourth-order valence-electron chi connectivity index (χ4n) is 2.76. The van der Waals surface area contributed by atoms with Gasteiger partial charge in [0.25, 0.3) is 5.91 Å². The van der Waals surface area contributed by atoms with Gasteiger partial charge in [-0.15, -0.1) is 0 Å². The van der Waals surface area contributed by atoms with Gasteiger partial charge in [0.1, 0.15) is 6.17 Å². The van der Waals surface area contributed by atoms with Crippen LogP contribution in [0.25, 0.3) is 0 Å². The molecule has 0 saturated carbocycles. The lowest BCUT2D eigenvalue weighted by atomic mass is 10.0. The fourth-order valence-corrected chi connectivity index (χ4v) is 3.37. The van der Waals surface area contributed by atoms with Crippen LogP contribution in [0.1, 0.15) is 35.4 Å². The van der Waals surface area contributed by atoms with Gasteiger partial charge in [-0.05, 0) is 30.7 Å². The fraction of sp³-hybridized carbons (Fsp3) is 0.235. The highest BCUT2D eigenvalue weighted by Crippen LogP contribution is 2.38. The van der Waals surface area contributed by atoms with Gasteiger partial charge >= 0.3 is 0 Å². The number of amides is 1. The highest BCUT2D eigenvalue weighted by molar-refractivity contribution is 6.36. The van der Waals surface area contributed by atoms with Crippen molar-refractivity contribution in [3.8, 4) is 0 Å². The highest BCUT2D eigenvalue weighted by Gasteiger charge is 2.34. The maximum atomic E-state index is 12.8.